The van der Waals surface area contributed by atoms with E-state index in [4.69, 9.17) is 4.42 Å². The molecule has 0 aliphatic carbocycles. The van der Waals surface area contributed by atoms with Crippen LogP contribution in [0, 0.1) is 6.92 Å². The first-order valence-electron chi connectivity index (χ1n) is 5.53. The Morgan fingerprint density at radius 3 is 3.06 bits per heavy atom. The molecule has 1 amide bonds. The molecule has 18 heavy (non-hydrogen) atoms. The summed E-state index contributed by atoms with van der Waals surface area (Å²) in [5.74, 6) is 0.410. The van der Waals surface area contributed by atoms with Crippen LogP contribution in [0.5, 0.6) is 0 Å². The molecule has 0 bridgehead atoms. The Kier molecular flexibility index (Phi) is 2.37. The van der Waals surface area contributed by atoms with Gasteiger partial charge in [0.1, 0.15) is 5.76 Å². The molecule has 0 unspecified atom stereocenters. The quantitative estimate of drug-likeness (QED) is 0.724. The minimum absolute atomic E-state index is 0.191. The first-order valence-corrected chi connectivity index (χ1v) is 5.53. The largest absolute Gasteiger partial charge is 0.469 e. The van der Waals surface area contributed by atoms with Crippen LogP contribution >= 0.6 is 0 Å². The van der Waals surface area contributed by atoms with Crippen molar-refractivity contribution in [1.29, 1.82) is 0 Å². The van der Waals surface area contributed by atoms with Crippen molar-refractivity contribution in [3.8, 4) is 0 Å². The van der Waals surface area contributed by atoms with E-state index in [9.17, 15) is 4.79 Å². The molecule has 3 aromatic rings. The molecule has 5 nitrogen and oxygen atoms in total. The summed E-state index contributed by atoms with van der Waals surface area (Å²) in [7, 11) is 0. The van der Waals surface area contributed by atoms with Crippen LogP contribution in [0.4, 0.5) is 5.69 Å². The standard InChI is InChI=1S/C13H11N3O2/c1-8-10(5-6-18-8)13(17)15-11-4-2-3-9-7-14-16-12(9)11/h2-7H,1H3,(H,14,16)(H,15,17). The highest BCUT2D eigenvalue weighted by atomic mass is 16.3. The maximum atomic E-state index is 12.1. The fourth-order valence-electron chi connectivity index (χ4n) is 1.88. The van der Waals surface area contributed by atoms with Crippen LogP contribution in [-0.2, 0) is 0 Å². The second-order valence-electron chi connectivity index (χ2n) is 3.98. The number of furan rings is 1. The van der Waals surface area contributed by atoms with Gasteiger partial charge in [0.25, 0.3) is 5.91 Å². The van der Waals surface area contributed by atoms with Gasteiger partial charge in [-0.15, -0.1) is 0 Å². The number of hydrogen-bond acceptors (Lipinski definition) is 3. The topological polar surface area (TPSA) is 70.9 Å². The summed E-state index contributed by atoms with van der Waals surface area (Å²) in [6, 6.07) is 7.28. The van der Waals surface area contributed by atoms with Gasteiger partial charge in [0.05, 0.1) is 29.2 Å². The second-order valence-corrected chi connectivity index (χ2v) is 3.98. The summed E-state index contributed by atoms with van der Waals surface area (Å²) >= 11 is 0. The lowest BCUT2D eigenvalue weighted by atomic mass is 10.2. The molecule has 2 aromatic heterocycles. The fourth-order valence-corrected chi connectivity index (χ4v) is 1.88. The third-order valence-electron chi connectivity index (χ3n) is 2.83. The second kappa shape index (κ2) is 4.03. The number of hydrogen-bond donors (Lipinski definition) is 2. The van der Waals surface area contributed by atoms with Crippen molar-refractivity contribution >= 4 is 22.5 Å². The molecule has 90 valence electrons. The van der Waals surface area contributed by atoms with Crippen LogP contribution in [-0.4, -0.2) is 16.1 Å². The molecule has 0 saturated carbocycles. The highest BCUT2D eigenvalue weighted by Crippen LogP contribution is 2.21. The Balaban J connectivity index is 1.95. The number of nitrogens with zero attached hydrogens (tertiary/aromatic N) is 1. The number of amides is 1. The van der Waals surface area contributed by atoms with Gasteiger partial charge in [-0.2, -0.15) is 5.10 Å². The van der Waals surface area contributed by atoms with E-state index < -0.39 is 0 Å². The third kappa shape index (κ3) is 1.66. The highest BCUT2D eigenvalue weighted by molar-refractivity contribution is 6.08. The maximum Gasteiger partial charge on any atom is 0.259 e. The van der Waals surface area contributed by atoms with Crippen LogP contribution in [0.3, 0.4) is 0 Å². The van der Waals surface area contributed by atoms with E-state index in [-0.39, 0.29) is 5.91 Å². The Hall–Kier alpha value is -2.56. The minimum atomic E-state index is -0.191. The number of fused-ring (bicyclic) bond motifs is 1. The van der Waals surface area contributed by atoms with Gasteiger partial charge in [0.2, 0.25) is 0 Å². The predicted octanol–water partition coefficient (Wildman–Crippen LogP) is 2.72. The van der Waals surface area contributed by atoms with Crippen molar-refractivity contribution in [2.75, 3.05) is 5.32 Å². The number of carbonyl (C=O) groups is 1. The summed E-state index contributed by atoms with van der Waals surface area (Å²) in [6.07, 6.45) is 3.22. The number of aromatic nitrogens is 2. The van der Waals surface area contributed by atoms with Crippen LogP contribution < -0.4 is 5.32 Å². The Labute approximate surface area is 103 Å². The summed E-state index contributed by atoms with van der Waals surface area (Å²) in [5.41, 5.74) is 2.05. The fraction of sp³-hybridized carbons (Fsp3) is 0.0769. The number of para-hydroxylation sites is 1. The summed E-state index contributed by atoms with van der Waals surface area (Å²) < 4.78 is 5.11. The highest BCUT2D eigenvalue weighted by Gasteiger charge is 2.13. The predicted molar refractivity (Wildman–Crippen MR) is 67.5 cm³/mol. The van der Waals surface area contributed by atoms with Gasteiger partial charge in [0, 0.05) is 5.39 Å². The molecule has 3 rings (SSSR count). The maximum absolute atomic E-state index is 12.1. The van der Waals surface area contributed by atoms with Crippen molar-refractivity contribution in [1.82, 2.24) is 10.2 Å². The van der Waals surface area contributed by atoms with Crippen molar-refractivity contribution in [2.24, 2.45) is 0 Å². The lowest BCUT2D eigenvalue weighted by Gasteiger charge is -2.05. The van der Waals surface area contributed by atoms with E-state index >= 15 is 0 Å². The SMILES string of the molecule is Cc1occc1C(=O)Nc1cccc2cn[nH]c12. The summed E-state index contributed by atoms with van der Waals surface area (Å²) in [5, 5.41) is 10.6. The van der Waals surface area contributed by atoms with Gasteiger partial charge in [-0.05, 0) is 19.1 Å². The number of aryl methyl sites for hydroxylation is 1. The van der Waals surface area contributed by atoms with Crippen LogP contribution in [0.1, 0.15) is 16.1 Å². The number of aromatic amines is 1. The summed E-state index contributed by atoms with van der Waals surface area (Å²) in [6.45, 7) is 1.76. The Morgan fingerprint density at radius 2 is 2.28 bits per heavy atom. The molecule has 0 saturated heterocycles. The van der Waals surface area contributed by atoms with Gasteiger partial charge in [-0.25, -0.2) is 0 Å². The van der Waals surface area contributed by atoms with Crippen molar-refractivity contribution in [3.63, 3.8) is 0 Å². The number of nitrogens with one attached hydrogen (secondary N) is 2. The van der Waals surface area contributed by atoms with Gasteiger partial charge in [0.15, 0.2) is 0 Å². The average Bonchev–Trinajstić information content (AvgIpc) is 2.97. The molecule has 5 heteroatoms. The smallest absolute Gasteiger partial charge is 0.259 e. The zero-order valence-electron chi connectivity index (χ0n) is 9.73. The van der Waals surface area contributed by atoms with E-state index in [0.29, 0.717) is 17.0 Å². The number of anilines is 1. The molecule has 0 radical (unpaired) electrons. The Morgan fingerprint density at radius 1 is 1.39 bits per heavy atom. The van der Waals surface area contributed by atoms with Crippen molar-refractivity contribution in [2.45, 2.75) is 6.92 Å². The normalized spacial score (nSPS) is 10.7. The zero-order valence-corrected chi connectivity index (χ0v) is 9.73. The summed E-state index contributed by atoms with van der Waals surface area (Å²) in [4.78, 5) is 12.1. The Bertz CT molecular complexity index is 712. The molecule has 0 spiro atoms. The first-order chi connectivity index (χ1) is 8.75. The number of rotatable bonds is 2. The van der Waals surface area contributed by atoms with Crippen LogP contribution in [0.15, 0.2) is 41.1 Å². The van der Waals surface area contributed by atoms with E-state index in [2.05, 4.69) is 15.5 Å². The monoisotopic (exact) mass is 241 g/mol. The molecular formula is C13H11N3O2. The van der Waals surface area contributed by atoms with Crippen molar-refractivity contribution in [3.05, 3.63) is 48.0 Å². The molecule has 2 heterocycles. The van der Waals surface area contributed by atoms with E-state index in [1.54, 1.807) is 19.2 Å². The molecule has 0 aliphatic heterocycles. The lowest BCUT2D eigenvalue weighted by molar-refractivity contribution is 0.102. The number of H-pyrrole nitrogens is 1. The lowest BCUT2D eigenvalue weighted by Crippen LogP contribution is -2.12. The van der Waals surface area contributed by atoms with E-state index in [0.717, 1.165) is 10.9 Å². The van der Waals surface area contributed by atoms with Crippen LogP contribution in [0.2, 0.25) is 0 Å². The van der Waals surface area contributed by atoms with E-state index in [1.807, 2.05) is 18.2 Å². The van der Waals surface area contributed by atoms with Gasteiger partial charge < -0.3 is 9.73 Å². The molecule has 2 N–H and O–H groups in total. The molecule has 0 fully saturated rings. The molecule has 1 aromatic carbocycles. The average molecular weight is 241 g/mol. The van der Waals surface area contributed by atoms with E-state index in [1.165, 1.54) is 6.26 Å². The van der Waals surface area contributed by atoms with Gasteiger partial charge in [-0.3, -0.25) is 9.89 Å². The van der Waals surface area contributed by atoms with Gasteiger partial charge in [-0.1, -0.05) is 12.1 Å². The first kappa shape index (κ1) is 10.6. The number of benzene rings is 1. The van der Waals surface area contributed by atoms with Crippen molar-refractivity contribution < 1.29 is 9.21 Å². The third-order valence-corrected chi connectivity index (χ3v) is 2.83. The molecule has 0 atom stereocenters. The molecular weight excluding hydrogens is 230 g/mol. The number of carbonyl (C=O) groups excluding carboxylic acids is 1. The van der Waals surface area contributed by atoms with Crippen LogP contribution in [0.25, 0.3) is 10.9 Å². The zero-order chi connectivity index (χ0) is 12.5. The van der Waals surface area contributed by atoms with Gasteiger partial charge >= 0.3 is 0 Å². The minimum Gasteiger partial charge on any atom is -0.469 e. The molecule has 0 aliphatic rings.